The molecule has 0 radical (unpaired) electrons. The highest BCUT2D eigenvalue weighted by molar-refractivity contribution is 5.30. The van der Waals surface area contributed by atoms with Gasteiger partial charge in [-0.2, -0.15) is 0 Å². The Labute approximate surface area is 134 Å². The van der Waals surface area contributed by atoms with Gasteiger partial charge in [0.05, 0.1) is 6.10 Å². The fourth-order valence-electron chi connectivity index (χ4n) is 4.41. The third kappa shape index (κ3) is 2.96. The molecule has 1 N–H and O–H groups in total. The van der Waals surface area contributed by atoms with E-state index in [1.807, 2.05) is 0 Å². The number of aliphatic hydroxyl groups excluding tert-OH is 1. The van der Waals surface area contributed by atoms with Crippen LogP contribution in [-0.2, 0) is 6.54 Å². The van der Waals surface area contributed by atoms with Gasteiger partial charge in [-0.05, 0) is 80.9 Å². The minimum absolute atomic E-state index is 0.0628. The first-order valence-electron chi connectivity index (χ1n) is 9.12. The monoisotopic (exact) mass is 299 g/mol. The van der Waals surface area contributed by atoms with E-state index in [0.29, 0.717) is 12.1 Å². The van der Waals surface area contributed by atoms with E-state index in [-0.39, 0.29) is 6.10 Å². The smallest absolute Gasteiger partial charge is 0.0570 e. The summed E-state index contributed by atoms with van der Waals surface area (Å²) in [7, 11) is 0. The van der Waals surface area contributed by atoms with Crippen LogP contribution in [0.2, 0.25) is 0 Å². The molecule has 0 bridgehead atoms. The van der Waals surface area contributed by atoms with Crippen LogP contribution in [0.25, 0.3) is 0 Å². The van der Waals surface area contributed by atoms with Gasteiger partial charge in [-0.15, -0.1) is 0 Å². The first kappa shape index (κ1) is 14.7. The topological polar surface area (TPSA) is 23.5 Å². The Balaban J connectivity index is 1.58. The van der Waals surface area contributed by atoms with Crippen molar-refractivity contribution in [3.63, 3.8) is 0 Å². The van der Waals surface area contributed by atoms with E-state index in [0.717, 1.165) is 31.2 Å². The van der Waals surface area contributed by atoms with Gasteiger partial charge in [0.25, 0.3) is 0 Å². The molecule has 0 amide bonds. The van der Waals surface area contributed by atoms with Gasteiger partial charge in [-0.3, -0.25) is 4.90 Å². The van der Waals surface area contributed by atoms with Crippen LogP contribution in [0.5, 0.6) is 0 Å². The molecule has 120 valence electrons. The van der Waals surface area contributed by atoms with Gasteiger partial charge in [0, 0.05) is 18.6 Å². The second-order valence-electron chi connectivity index (χ2n) is 8.03. The summed E-state index contributed by atoms with van der Waals surface area (Å²) in [6, 6.07) is 8.18. The number of hydrogen-bond acceptors (Lipinski definition) is 2. The van der Waals surface area contributed by atoms with Gasteiger partial charge in [0.1, 0.15) is 0 Å². The number of aryl methyl sites for hydroxylation is 2. The normalized spacial score (nSPS) is 33.1. The summed E-state index contributed by atoms with van der Waals surface area (Å²) in [6.45, 7) is 5.49. The van der Waals surface area contributed by atoms with E-state index in [4.69, 9.17) is 0 Å². The predicted octanol–water partition coefficient (Wildman–Crippen LogP) is 3.82. The van der Waals surface area contributed by atoms with E-state index >= 15 is 0 Å². The van der Waals surface area contributed by atoms with E-state index < -0.39 is 0 Å². The lowest BCUT2D eigenvalue weighted by Crippen LogP contribution is -2.52. The predicted molar refractivity (Wildman–Crippen MR) is 89.7 cm³/mol. The van der Waals surface area contributed by atoms with Gasteiger partial charge in [0.15, 0.2) is 0 Å². The zero-order valence-corrected chi connectivity index (χ0v) is 14.0. The highest BCUT2D eigenvalue weighted by atomic mass is 16.3. The summed E-state index contributed by atoms with van der Waals surface area (Å²) in [6.07, 6.45) is 7.43. The Bertz CT molecular complexity index is 525. The van der Waals surface area contributed by atoms with E-state index in [2.05, 4.69) is 36.9 Å². The van der Waals surface area contributed by atoms with Crippen molar-refractivity contribution in [3.05, 3.63) is 34.9 Å². The molecular formula is C20H29NO. The summed E-state index contributed by atoms with van der Waals surface area (Å²) in [5.41, 5.74) is 4.24. The third-order valence-corrected chi connectivity index (χ3v) is 6.15. The maximum atomic E-state index is 10.3. The molecule has 1 aromatic rings. The molecule has 22 heavy (non-hydrogen) atoms. The number of rotatable bonds is 4. The lowest BCUT2D eigenvalue weighted by molar-refractivity contribution is -0.0207. The molecule has 1 aliphatic heterocycles. The molecule has 0 aromatic heterocycles. The Kier molecular flexibility index (Phi) is 3.78. The SMILES string of the molecule is Cc1ccc(CN2C(C3CC3)CC(O)CC2C2CC2)cc1C. The van der Waals surface area contributed by atoms with Crippen molar-refractivity contribution in [2.45, 2.75) is 77.1 Å². The van der Waals surface area contributed by atoms with Crippen LogP contribution in [-0.4, -0.2) is 28.2 Å². The fraction of sp³-hybridized carbons (Fsp3) is 0.700. The van der Waals surface area contributed by atoms with Crippen molar-refractivity contribution >= 4 is 0 Å². The highest BCUT2D eigenvalue weighted by Crippen LogP contribution is 2.47. The summed E-state index contributed by atoms with van der Waals surface area (Å²) in [5.74, 6) is 1.70. The summed E-state index contributed by atoms with van der Waals surface area (Å²) < 4.78 is 0. The maximum absolute atomic E-state index is 10.3. The van der Waals surface area contributed by atoms with Crippen molar-refractivity contribution in [1.29, 1.82) is 0 Å². The zero-order valence-electron chi connectivity index (χ0n) is 14.0. The highest BCUT2D eigenvalue weighted by Gasteiger charge is 2.47. The van der Waals surface area contributed by atoms with Crippen LogP contribution in [0.4, 0.5) is 0 Å². The van der Waals surface area contributed by atoms with Crippen molar-refractivity contribution in [2.24, 2.45) is 11.8 Å². The number of aliphatic hydroxyl groups is 1. The Hall–Kier alpha value is -0.860. The molecule has 0 spiro atoms. The van der Waals surface area contributed by atoms with Crippen LogP contribution < -0.4 is 0 Å². The standard InChI is InChI=1S/C20H29NO/c1-13-3-4-15(9-14(13)2)12-21-19(16-5-6-16)10-18(22)11-20(21)17-7-8-17/h3-4,9,16-20,22H,5-8,10-12H2,1-2H3. The van der Waals surface area contributed by atoms with Gasteiger partial charge in [0.2, 0.25) is 0 Å². The first-order chi connectivity index (χ1) is 10.6. The number of likely N-dealkylation sites (tertiary alicyclic amines) is 1. The molecule has 2 heteroatoms. The van der Waals surface area contributed by atoms with E-state index in [1.54, 1.807) is 0 Å². The van der Waals surface area contributed by atoms with Crippen LogP contribution in [0.3, 0.4) is 0 Å². The van der Waals surface area contributed by atoms with Gasteiger partial charge < -0.3 is 5.11 Å². The Morgan fingerprint density at radius 2 is 1.55 bits per heavy atom. The number of piperidine rings is 1. The van der Waals surface area contributed by atoms with Gasteiger partial charge >= 0.3 is 0 Å². The van der Waals surface area contributed by atoms with Gasteiger partial charge in [-0.25, -0.2) is 0 Å². The van der Waals surface area contributed by atoms with Crippen molar-refractivity contribution in [1.82, 2.24) is 4.90 Å². The average Bonchev–Trinajstić information content (AvgIpc) is 3.37. The molecule has 2 saturated carbocycles. The Morgan fingerprint density at radius 1 is 0.955 bits per heavy atom. The number of nitrogens with zero attached hydrogens (tertiary/aromatic N) is 1. The third-order valence-electron chi connectivity index (χ3n) is 6.15. The minimum Gasteiger partial charge on any atom is -0.393 e. The lowest BCUT2D eigenvalue weighted by Gasteiger charge is -2.45. The molecule has 1 heterocycles. The molecule has 3 fully saturated rings. The van der Waals surface area contributed by atoms with Crippen molar-refractivity contribution in [3.8, 4) is 0 Å². The lowest BCUT2D eigenvalue weighted by atomic mass is 9.87. The number of hydrogen-bond donors (Lipinski definition) is 1. The molecule has 4 rings (SSSR count). The van der Waals surface area contributed by atoms with Crippen LogP contribution in [0.1, 0.15) is 55.2 Å². The van der Waals surface area contributed by atoms with E-state index in [1.165, 1.54) is 42.4 Å². The van der Waals surface area contributed by atoms with Crippen LogP contribution in [0, 0.1) is 25.7 Å². The molecule has 2 atom stereocenters. The second-order valence-corrected chi connectivity index (χ2v) is 8.03. The average molecular weight is 299 g/mol. The summed E-state index contributed by atoms with van der Waals surface area (Å²) >= 11 is 0. The van der Waals surface area contributed by atoms with E-state index in [9.17, 15) is 5.11 Å². The molecule has 1 saturated heterocycles. The molecule has 1 aromatic carbocycles. The van der Waals surface area contributed by atoms with Crippen molar-refractivity contribution in [2.75, 3.05) is 0 Å². The molecule has 2 nitrogen and oxygen atoms in total. The number of benzene rings is 1. The van der Waals surface area contributed by atoms with Gasteiger partial charge in [-0.1, -0.05) is 18.2 Å². The minimum atomic E-state index is -0.0628. The van der Waals surface area contributed by atoms with Crippen LogP contribution >= 0.6 is 0 Å². The maximum Gasteiger partial charge on any atom is 0.0570 e. The van der Waals surface area contributed by atoms with Crippen molar-refractivity contribution < 1.29 is 5.11 Å². The summed E-state index contributed by atoms with van der Waals surface area (Å²) in [5, 5.41) is 10.3. The largest absolute Gasteiger partial charge is 0.393 e. The second kappa shape index (κ2) is 5.65. The molecule has 3 aliphatic rings. The molecular weight excluding hydrogens is 270 g/mol. The molecule has 2 unspecified atom stereocenters. The quantitative estimate of drug-likeness (QED) is 0.913. The first-order valence-corrected chi connectivity index (χ1v) is 9.12. The zero-order chi connectivity index (χ0) is 15.3. The summed E-state index contributed by atoms with van der Waals surface area (Å²) in [4.78, 5) is 2.78. The van der Waals surface area contributed by atoms with Crippen LogP contribution in [0.15, 0.2) is 18.2 Å². The fourth-order valence-corrected chi connectivity index (χ4v) is 4.41. The molecule has 2 aliphatic carbocycles. The Morgan fingerprint density at radius 3 is 2.05 bits per heavy atom.